The number of rotatable bonds is 7. The average Bonchev–Trinajstić information content (AvgIpc) is 3.04. The van der Waals surface area contributed by atoms with E-state index in [0.717, 1.165) is 16.9 Å². The van der Waals surface area contributed by atoms with Crippen LogP contribution in [-0.4, -0.2) is 26.4 Å². The molecule has 0 bridgehead atoms. The van der Waals surface area contributed by atoms with Gasteiger partial charge in [-0.1, -0.05) is 23.7 Å². The SMILES string of the molecule is O=C(CSCc1ccncc1)Nc1ccnn1Cc1ccc(Cl)cc1. The third-order valence-electron chi connectivity index (χ3n) is 3.48. The van der Waals surface area contributed by atoms with Gasteiger partial charge < -0.3 is 5.32 Å². The molecular formula is C18H17ClN4OS. The zero-order chi connectivity index (χ0) is 17.5. The predicted molar refractivity (Wildman–Crippen MR) is 102 cm³/mol. The molecule has 0 unspecified atom stereocenters. The first-order valence-electron chi connectivity index (χ1n) is 7.73. The van der Waals surface area contributed by atoms with Crippen LogP contribution in [0.2, 0.25) is 5.02 Å². The predicted octanol–water partition coefficient (Wildman–Crippen LogP) is 3.85. The molecule has 0 radical (unpaired) electrons. The number of amides is 1. The Morgan fingerprint density at radius 2 is 1.80 bits per heavy atom. The molecule has 0 atom stereocenters. The summed E-state index contributed by atoms with van der Waals surface area (Å²) >= 11 is 7.46. The van der Waals surface area contributed by atoms with Crippen molar-refractivity contribution in [2.24, 2.45) is 0 Å². The number of hydrogen-bond donors (Lipinski definition) is 1. The van der Waals surface area contributed by atoms with Crippen LogP contribution in [0.4, 0.5) is 5.82 Å². The van der Waals surface area contributed by atoms with E-state index in [9.17, 15) is 4.79 Å². The summed E-state index contributed by atoms with van der Waals surface area (Å²) in [6, 6.07) is 13.3. The van der Waals surface area contributed by atoms with Crippen molar-refractivity contribution in [1.29, 1.82) is 0 Å². The fourth-order valence-electron chi connectivity index (χ4n) is 2.25. The highest BCUT2D eigenvalue weighted by Gasteiger charge is 2.08. The summed E-state index contributed by atoms with van der Waals surface area (Å²) in [4.78, 5) is 16.1. The van der Waals surface area contributed by atoms with Gasteiger partial charge in [0.15, 0.2) is 0 Å². The molecule has 5 nitrogen and oxygen atoms in total. The average molecular weight is 373 g/mol. The van der Waals surface area contributed by atoms with Crippen molar-refractivity contribution in [2.75, 3.05) is 11.1 Å². The molecule has 0 aliphatic carbocycles. The van der Waals surface area contributed by atoms with Gasteiger partial charge in [-0.3, -0.25) is 9.78 Å². The molecule has 0 fully saturated rings. The highest BCUT2D eigenvalue weighted by atomic mass is 35.5. The first kappa shape index (κ1) is 17.5. The van der Waals surface area contributed by atoms with E-state index in [1.807, 2.05) is 36.4 Å². The van der Waals surface area contributed by atoms with Gasteiger partial charge in [0.2, 0.25) is 5.91 Å². The Labute approximate surface area is 155 Å². The molecule has 1 amide bonds. The lowest BCUT2D eigenvalue weighted by Gasteiger charge is -2.09. The van der Waals surface area contributed by atoms with Crippen LogP contribution < -0.4 is 5.32 Å². The van der Waals surface area contributed by atoms with E-state index in [2.05, 4.69) is 15.4 Å². The molecule has 1 aromatic carbocycles. The Balaban J connectivity index is 1.52. The molecule has 1 N–H and O–H groups in total. The summed E-state index contributed by atoms with van der Waals surface area (Å²) in [6.07, 6.45) is 5.19. The van der Waals surface area contributed by atoms with Crippen molar-refractivity contribution in [3.8, 4) is 0 Å². The maximum absolute atomic E-state index is 12.1. The van der Waals surface area contributed by atoms with Crippen LogP contribution in [0, 0.1) is 0 Å². The second-order valence-corrected chi connectivity index (χ2v) is 6.82. The van der Waals surface area contributed by atoms with Gasteiger partial charge in [-0.2, -0.15) is 5.10 Å². The van der Waals surface area contributed by atoms with E-state index in [1.54, 1.807) is 41.1 Å². The van der Waals surface area contributed by atoms with Crippen LogP contribution in [0.15, 0.2) is 61.1 Å². The van der Waals surface area contributed by atoms with Gasteiger partial charge in [0.05, 0.1) is 18.5 Å². The van der Waals surface area contributed by atoms with E-state index in [1.165, 1.54) is 0 Å². The van der Waals surface area contributed by atoms with E-state index in [4.69, 9.17) is 11.6 Å². The summed E-state index contributed by atoms with van der Waals surface area (Å²) in [5.41, 5.74) is 2.22. The summed E-state index contributed by atoms with van der Waals surface area (Å²) in [6.45, 7) is 0.573. The van der Waals surface area contributed by atoms with Crippen molar-refractivity contribution in [3.63, 3.8) is 0 Å². The van der Waals surface area contributed by atoms with Crippen LogP contribution in [0.3, 0.4) is 0 Å². The number of halogens is 1. The molecule has 2 heterocycles. The second kappa shape index (κ2) is 8.69. The number of pyridine rings is 1. The summed E-state index contributed by atoms with van der Waals surface area (Å²) in [5.74, 6) is 1.80. The number of carbonyl (C=O) groups is 1. The van der Waals surface area contributed by atoms with Gasteiger partial charge >= 0.3 is 0 Å². The van der Waals surface area contributed by atoms with Crippen molar-refractivity contribution in [1.82, 2.24) is 14.8 Å². The normalized spacial score (nSPS) is 10.6. The number of benzene rings is 1. The monoisotopic (exact) mass is 372 g/mol. The third-order valence-corrected chi connectivity index (χ3v) is 4.74. The minimum absolute atomic E-state index is 0.0445. The first-order chi connectivity index (χ1) is 12.2. The minimum atomic E-state index is -0.0445. The fourth-order valence-corrected chi connectivity index (χ4v) is 3.16. The van der Waals surface area contributed by atoms with Gasteiger partial charge in [0, 0.05) is 29.2 Å². The van der Waals surface area contributed by atoms with E-state index >= 15 is 0 Å². The van der Waals surface area contributed by atoms with Crippen LogP contribution in [0.5, 0.6) is 0 Å². The Bertz CT molecular complexity index is 821. The largest absolute Gasteiger partial charge is 0.310 e. The highest BCUT2D eigenvalue weighted by molar-refractivity contribution is 7.99. The number of nitrogens with zero attached hydrogens (tertiary/aromatic N) is 3. The molecule has 7 heteroatoms. The molecule has 0 aliphatic rings. The number of thioether (sulfide) groups is 1. The molecule has 0 saturated carbocycles. The topological polar surface area (TPSA) is 59.8 Å². The number of anilines is 1. The number of carbonyl (C=O) groups excluding carboxylic acids is 1. The van der Waals surface area contributed by atoms with Crippen LogP contribution >= 0.6 is 23.4 Å². The molecule has 3 aromatic rings. The lowest BCUT2D eigenvalue weighted by atomic mass is 10.2. The van der Waals surface area contributed by atoms with Crippen LogP contribution in [0.1, 0.15) is 11.1 Å². The van der Waals surface area contributed by atoms with Crippen molar-refractivity contribution >= 4 is 35.1 Å². The molecule has 3 rings (SSSR count). The molecule has 25 heavy (non-hydrogen) atoms. The summed E-state index contributed by atoms with van der Waals surface area (Å²) in [5, 5.41) is 7.88. The van der Waals surface area contributed by atoms with Gasteiger partial charge in [-0.05, 0) is 35.4 Å². The zero-order valence-electron chi connectivity index (χ0n) is 13.4. The number of hydrogen-bond acceptors (Lipinski definition) is 4. The minimum Gasteiger partial charge on any atom is -0.310 e. The molecule has 128 valence electrons. The van der Waals surface area contributed by atoms with Crippen molar-refractivity contribution in [3.05, 3.63) is 77.2 Å². The van der Waals surface area contributed by atoms with E-state index in [0.29, 0.717) is 23.1 Å². The third kappa shape index (κ3) is 5.34. The molecule has 2 aromatic heterocycles. The van der Waals surface area contributed by atoms with E-state index < -0.39 is 0 Å². The van der Waals surface area contributed by atoms with Crippen molar-refractivity contribution < 1.29 is 4.79 Å². The first-order valence-corrected chi connectivity index (χ1v) is 9.27. The Morgan fingerprint density at radius 1 is 1.04 bits per heavy atom. The van der Waals surface area contributed by atoms with Gasteiger partial charge in [0.1, 0.15) is 5.82 Å². The Kier molecular flexibility index (Phi) is 6.09. The summed E-state index contributed by atoms with van der Waals surface area (Å²) in [7, 11) is 0. The standard InChI is InChI=1S/C18H17ClN4OS/c19-16-3-1-14(2-4-16)11-23-17(7-10-21-23)22-18(24)13-25-12-15-5-8-20-9-6-15/h1-10H,11-13H2,(H,22,24). The molecule has 0 aliphatic heterocycles. The van der Waals surface area contributed by atoms with Crippen LogP contribution in [-0.2, 0) is 17.1 Å². The molecule has 0 saturated heterocycles. The van der Waals surface area contributed by atoms with Crippen LogP contribution in [0.25, 0.3) is 0 Å². The number of nitrogens with one attached hydrogen (secondary N) is 1. The second-order valence-electron chi connectivity index (χ2n) is 5.40. The quantitative estimate of drug-likeness (QED) is 0.684. The lowest BCUT2D eigenvalue weighted by molar-refractivity contribution is -0.113. The van der Waals surface area contributed by atoms with Gasteiger partial charge in [0.25, 0.3) is 0 Å². The maximum Gasteiger partial charge on any atom is 0.235 e. The number of aromatic nitrogens is 3. The van der Waals surface area contributed by atoms with Gasteiger partial charge in [-0.15, -0.1) is 11.8 Å². The summed E-state index contributed by atoms with van der Waals surface area (Å²) < 4.78 is 1.76. The zero-order valence-corrected chi connectivity index (χ0v) is 15.0. The van der Waals surface area contributed by atoms with E-state index in [-0.39, 0.29) is 5.91 Å². The Hall–Kier alpha value is -2.31. The smallest absolute Gasteiger partial charge is 0.235 e. The molecule has 0 spiro atoms. The van der Waals surface area contributed by atoms with Gasteiger partial charge in [-0.25, -0.2) is 4.68 Å². The lowest BCUT2D eigenvalue weighted by Crippen LogP contribution is -2.18. The molecular weight excluding hydrogens is 356 g/mol. The Morgan fingerprint density at radius 3 is 2.56 bits per heavy atom. The maximum atomic E-state index is 12.1. The van der Waals surface area contributed by atoms with Crippen molar-refractivity contribution in [2.45, 2.75) is 12.3 Å². The highest BCUT2D eigenvalue weighted by Crippen LogP contribution is 2.15. The fraction of sp³-hybridized carbons (Fsp3) is 0.167.